The van der Waals surface area contributed by atoms with Crippen LogP contribution in [0.25, 0.3) is 0 Å². The van der Waals surface area contributed by atoms with E-state index in [1.807, 2.05) is 12.4 Å². The molecule has 0 bridgehead atoms. The Kier molecular flexibility index (Phi) is 5.41. The van der Waals surface area contributed by atoms with Gasteiger partial charge < -0.3 is 9.64 Å². The summed E-state index contributed by atoms with van der Waals surface area (Å²) in [5, 5.41) is 2.88. The molecule has 0 aliphatic heterocycles. The summed E-state index contributed by atoms with van der Waals surface area (Å²) >= 11 is 1.57. The quantitative estimate of drug-likeness (QED) is 0.733. The van der Waals surface area contributed by atoms with Gasteiger partial charge in [-0.2, -0.15) is 0 Å². The van der Waals surface area contributed by atoms with E-state index in [0.29, 0.717) is 5.92 Å². The summed E-state index contributed by atoms with van der Waals surface area (Å²) in [5.74, 6) is 0.443. The van der Waals surface area contributed by atoms with E-state index in [-0.39, 0.29) is 12.4 Å². The highest BCUT2D eigenvalue weighted by Gasteiger charge is 2.10. The maximum atomic E-state index is 11.1. The second kappa shape index (κ2) is 6.59. The first kappa shape index (κ1) is 14.0. The number of ether oxygens (including phenoxy) is 1. The average molecular weight is 256 g/mol. The minimum atomic E-state index is -0.244. The molecule has 0 N–H and O–H groups in total. The Balaban J connectivity index is 2.52. The zero-order valence-electron chi connectivity index (χ0n) is 10.9. The fourth-order valence-electron chi connectivity index (χ4n) is 1.32. The van der Waals surface area contributed by atoms with Crippen molar-refractivity contribution in [2.75, 3.05) is 25.6 Å². The smallest absolute Gasteiger partial charge is 0.311 e. The number of nitrogens with zero attached hydrogens (tertiary/aromatic N) is 2. The second-order valence-electron chi connectivity index (χ2n) is 4.48. The Bertz CT molecular complexity index is 363. The topological polar surface area (TPSA) is 42.4 Å². The van der Waals surface area contributed by atoms with E-state index in [0.717, 1.165) is 23.8 Å². The van der Waals surface area contributed by atoms with Crippen LogP contribution >= 0.6 is 11.3 Å². The molecule has 0 saturated heterocycles. The van der Waals surface area contributed by atoms with Crippen molar-refractivity contribution in [1.82, 2.24) is 4.98 Å². The highest BCUT2D eigenvalue weighted by molar-refractivity contribution is 7.13. The lowest BCUT2D eigenvalue weighted by Gasteiger charge is -2.16. The minimum absolute atomic E-state index is 0.244. The number of aromatic nitrogens is 1. The third-order valence-corrected chi connectivity index (χ3v) is 3.46. The molecule has 1 heterocycles. The molecule has 96 valence electrons. The molecule has 0 aliphatic rings. The Morgan fingerprint density at radius 2 is 2.29 bits per heavy atom. The van der Waals surface area contributed by atoms with Crippen LogP contribution in [0.3, 0.4) is 0 Å². The van der Waals surface area contributed by atoms with Crippen LogP contribution in [0, 0.1) is 5.92 Å². The number of carbonyl (C=O) groups excluding carboxylic acids is 1. The molecule has 5 heteroatoms. The molecule has 1 aromatic rings. The van der Waals surface area contributed by atoms with Crippen molar-refractivity contribution >= 4 is 22.4 Å². The number of rotatable bonds is 6. The second-order valence-corrected chi connectivity index (χ2v) is 5.31. The van der Waals surface area contributed by atoms with Gasteiger partial charge in [-0.3, -0.25) is 4.79 Å². The number of carbonyl (C=O) groups is 1. The number of hydrogen-bond acceptors (Lipinski definition) is 5. The summed E-state index contributed by atoms with van der Waals surface area (Å²) in [5.41, 5.74) is 0.785. The zero-order valence-corrected chi connectivity index (χ0v) is 11.7. The van der Waals surface area contributed by atoms with Gasteiger partial charge in [-0.1, -0.05) is 13.8 Å². The van der Waals surface area contributed by atoms with E-state index in [2.05, 4.69) is 28.5 Å². The summed E-state index contributed by atoms with van der Waals surface area (Å²) in [6.07, 6.45) is 1.40. The molecule has 0 aromatic carbocycles. The summed E-state index contributed by atoms with van der Waals surface area (Å²) in [6, 6.07) is 0. The Labute approximate surface area is 107 Å². The van der Waals surface area contributed by atoms with Gasteiger partial charge in [-0.05, 0) is 12.3 Å². The maximum Gasteiger partial charge on any atom is 0.311 e. The van der Waals surface area contributed by atoms with Crippen LogP contribution in [-0.4, -0.2) is 31.7 Å². The first-order valence-electron chi connectivity index (χ1n) is 5.75. The Morgan fingerprint density at radius 3 is 2.88 bits per heavy atom. The summed E-state index contributed by atoms with van der Waals surface area (Å²) in [7, 11) is 3.42. The molecule has 0 amide bonds. The molecule has 0 aliphatic carbocycles. The van der Waals surface area contributed by atoms with Crippen LogP contribution in [0.2, 0.25) is 0 Å². The molecule has 0 fully saturated rings. The van der Waals surface area contributed by atoms with E-state index >= 15 is 0 Å². The van der Waals surface area contributed by atoms with E-state index in [9.17, 15) is 4.79 Å². The minimum Gasteiger partial charge on any atom is -0.469 e. The predicted molar refractivity (Wildman–Crippen MR) is 70.6 cm³/mol. The molecule has 0 unspecified atom stereocenters. The molecular weight excluding hydrogens is 236 g/mol. The standard InChI is InChI=1S/C12H20N2O2S/c1-9(2)5-6-14(3)12-13-10(8-17-12)7-11(15)16-4/h8-9H,5-7H2,1-4H3. The van der Waals surface area contributed by atoms with Gasteiger partial charge in [-0.15, -0.1) is 11.3 Å². The van der Waals surface area contributed by atoms with Gasteiger partial charge in [0.1, 0.15) is 0 Å². The average Bonchev–Trinajstić information content (AvgIpc) is 2.74. The zero-order chi connectivity index (χ0) is 12.8. The molecule has 0 spiro atoms. The number of methoxy groups -OCH3 is 1. The van der Waals surface area contributed by atoms with E-state index < -0.39 is 0 Å². The monoisotopic (exact) mass is 256 g/mol. The van der Waals surface area contributed by atoms with E-state index in [4.69, 9.17) is 0 Å². The lowest BCUT2D eigenvalue weighted by Crippen LogP contribution is -2.19. The van der Waals surface area contributed by atoms with Gasteiger partial charge in [0.15, 0.2) is 5.13 Å². The van der Waals surface area contributed by atoms with E-state index in [1.54, 1.807) is 11.3 Å². The van der Waals surface area contributed by atoms with Crippen LogP contribution in [-0.2, 0) is 16.0 Å². The third kappa shape index (κ3) is 4.73. The van der Waals surface area contributed by atoms with Crippen molar-refractivity contribution in [2.24, 2.45) is 5.92 Å². The van der Waals surface area contributed by atoms with Crippen molar-refractivity contribution < 1.29 is 9.53 Å². The van der Waals surface area contributed by atoms with Gasteiger partial charge in [0.2, 0.25) is 0 Å². The molecule has 0 radical (unpaired) electrons. The number of esters is 1. The normalized spacial score (nSPS) is 10.6. The molecule has 0 atom stereocenters. The SMILES string of the molecule is COC(=O)Cc1csc(N(C)CCC(C)C)n1. The molecule has 1 rings (SSSR count). The lowest BCUT2D eigenvalue weighted by atomic mass is 10.1. The van der Waals surface area contributed by atoms with Crippen LogP contribution in [0.4, 0.5) is 5.13 Å². The maximum absolute atomic E-state index is 11.1. The number of anilines is 1. The molecule has 17 heavy (non-hydrogen) atoms. The van der Waals surface area contributed by atoms with Crippen LogP contribution < -0.4 is 4.90 Å². The van der Waals surface area contributed by atoms with Gasteiger partial charge in [0, 0.05) is 19.0 Å². The summed E-state index contributed by atoms with van der Waals surface area (Å²) < 4.78 is 4.61. The summed E-state index contributed by atoms with van der Waals surface area (Å²) in [6.45, 7) is 5.40. The number of thiazole rings is 1. The highest BCUT2D eigenvalue weighted by Crippen LogP contribution is 2.20. The fraction of sp³-hybridized carbons (Fsp3) is 0.667. The predicted octanol–water partition coefficient (Wildman–Crippen LogP) is 2.34. The Hall–Kier alpha value is -1.10. The van der Waals surface area contributed by atoms with Crippen LogP contribution in [0.1, 0.15) is 26.0 Å². The summed E-state index contributed by atoms with van der Waals surface area (Å²) in [4.78, 5) is 17.7. The van der Waals surface area contributed by atoms with Crippen molar-refractivity contribution in [3.63, 3.8) is 0 Å². The van der Waals surface area contributed by atoms with Crippen molar-refractivity contribution in [2.45, 2.75) is 26.7 Å². The van der Waals surface area contributed by atoms with Crippen LogP contribution in [0.15, 0.2) is 5.38 Å². The molecule has 0 saturated carbocycles. The van der Waals surface area contributed by atoms with Crippen molar-refractivity contribution in [1.29, 1.82) is 0 Å². The lowest BCUT2D eigenvalue weighted by molar-refractivity contribution is -0.139. The van der Waals surface area contributed by atoms with Gasteiger partial charge in [0.05, 0.1) is 19.2 Å². The van der Waals surface area contributed by atoms with Crippen molar-refractivity contribution in [3.05, 3.63) is 11.1 Å². The van der Waals surface area contributed by atoms with Gasteiger partial charge in [0.25, 0.3) is 0 Å². The highest BCUT2D eigenvalue weighted by atomic mass is 32.1. The molecule has 4 nitrogen and oxygen atoms in total. The molecule has 1 aromatic heterocycles. The fourth-order valence-corrected chi connectivity index (χ4v) is 2.14. The first-order chi connectivity index (χ1) is 8.02. The molecular formula is C12H20N2O2S. The van der Waals surface area contributed by atoms with Crippen molar-refractivity contribution in [3.8, 4) is 0 Å². The third-order valence-electron chi connectivity index (χ3n) is 2.46. The largest absolute Gasteiger partial charge is 0.469 e. The van der Waals surface area contributed by atoms with Crippen LogP contribution in [0.5, 0.6) is 0 Å². The number of hydrogen-bond donors (Lipinski definition) is 0. The van der Waals surface area contributed by atoms with E-state index in [1.165, 1.54) is 7.11 Å². The Morgan fingerprint density at radius 1 is 1.59 bits per heavy atom. The van der Waals surface area contributed by atoms with Gasteiger partial charge in [-0.25, -0.2) is 4.98 Å². The first-order valence-corrected chi connectivity index (χ1v) is 6.63. The van der Waals surface area contributed by atoms with Gasteiger partial charge >= 0.3 is 5.97 Å².